The maximum Gasteiger partial charge on any atom is 0.253 e. The highest BCUT2D eigenvalue weighted by Gasteiger charge is 2.18. The molecule has 0 saturated carbocycles. The maximum atomic E-state index is 12.4. The van der Waals surface area contributed by atoms with Crippen LogP contribution in [0.3, 0.4) is 0 Å². The number of nitrogens with zero attached hydrogens (tertiary/aromatic N) is 6. The summed E-state index contributed by atoms with van der Waals surface area (Å²) in [4.78, 5) is 24.7. The molecule has 8 nitrogen and oxygen atoms in total. The van der Waals surface area contributed by atoms with Crippen LogP contribution in [0.4, 0.5) is 0 Å². The summed E-state index contributed by atoms with van der Waals surface area (Å²) in [6.07, 6.45) is 5.93. The van der Waals surface area contributed by atoms with Gasteiger partial charge in [-0.05, 0) is 41.1 Å². The zero-order chi connectivity index (χ0) is 17.8. The molecule has 0 radical (unpaired) electrons. The van der Waals surface area contributed by atoms with Gasteiger partial charge in [0.2, 0.25) is 0 Å². The molecule has 0 bridgehead atoms. The highest BCUT2D eigenvalue weighted by Crippen LogP contribution is 2.15. The van der Waals surface area contributed by atoms with E-state index < -0.39 is 6.04 Å². The fourth-order valence-electron chi connectivity index (χ4n) is 2.18. The first-order valence-electron chi connectivity index (χ1n) is 7.26. The van der Waals surface area contributed by atoms with Gasteiger partial charge in [-0.3, -0.25) is 9.78 Å². The Morgan fingerprint density at radius 1 is 1.31 bits per heavy atom. The Labute approximate surface area is 164 Å². The summed E-state index contributed by atoms with van der Waals surface area (Å²) in [7, 11) is 0. The fraction of sp³-hybridized carbons (Fsp3) is 0.125. The van der Waals surface area contributed by atoms with E-state index in [4.69, 9.17) is 5.26 Å². The third-order valence-corrected chi connectivity index (χ3v) is 3.80. The molecule has 0 spiro atoms. The molecule has 26 heavy (non-hydrogen) atoms. The second kappa shape index (κ2) is 8.55. The molecule has 1 atom stereocenters. The van der Waals surface area contributed by atoms with E-state index in [0.717, 1.165) is 4.47 Å². The van der Waals surface area contributed by atoms with E-state index in [-0.39, 0.29) is 19.4 Å². The largest absolute Gasteiger partial charge is 0.342 e. The predicted octanol–water partition coefficient (Wildman–Crippen LogP) is 2.30. The highest BCUT2D eigenvalue weighted by atomic mass is 79.9. The molecule has 0 saturated heterocycles. The number of pyridine rings is 2. The highest BCUT2D eigenvalue weighted by molar-refractivity contribution is 9.10. The van der Waals surface area contributed by atoms with Crippen LogP contribution < -0.4 is 5.32 Å². The van der Waals surface area contributed by atoms with Gasteiger partial charge in [-0.2, -0.15) is 28.5 Å². The molecule has 3 aromatic rings. The van der Waals surface area contributed by atoms with Gasteiger partial charge in [0, 0.05) is 23.1 Å². The number of carbonyl (C=O) groups is 1. The number of aromatic nitrogens is 5. The molecule has 0 fully saturated rings. The zero-order valence-corrected chi connectivity index (χ0v) is 16.2. The Bertz CT molecular complexity index is 952. The van der Waals surface area contributed by atoms with Gasteiger partial charge < -0.3 is 5.32 Å². The van der Waals surface area contributed by atoms with E-state index in [0.29, 0.717) is 22.8 Å². The molecule has 0 aliphatic rings. The Hall–Kier alpha value is -2.77. The fourth-order valence-corrected chi connectivity index (χ4v) is 2.55. The molecule has 132 valence electrons. The standard InChI is InChI=1S/C16H12BrN7O.H2S/c1-10(23-16(25)12-4-13(17)8-19-7-12)15-21-9-22-24(15)14-3-2-11(5-18)6-20-14;/h2-4,6-10H,1H3,(H,23,25);1H2/t10-;/m0./s1. The quantitative estimate of drug-likeness (QED) is 0.678. The van der Waals surface area contributed by atoms with Gasteiger partial charge in [0.05, 0.1) is 17.2 Å². The third kappa shape index (κ3) is 4.25. The van der Waals surface area contributed by atoms with Gasteiger partial charge in [0.25, 0.3) is 5.91 Å². The van der Waals surface area contributed by atoms with Gasteiger partial charge in [-0.15, -0.1) is 0 Å². The number of amides is 1. The number of hydrogen-bond donors (Lipinski definition) is 1. The minimum atomic E-state index is -0.411. The summed E-state index contributed by atoms with van der Waals surface area (Å²) >= 11 is 3.29. The van der Waals surface area contributed by atoms with Crippen LogP contribution in [-0.2, 0) is 0 Å². The molecule has 3 rings (SSSR count). The summed E-state index contributed by atoms with van der Waals surface area (Å²) in [6.45, 7) is 1.80. The van der Waals surface area contributed by atoms with Crippen LogP contribution in [0.1, 0.15) is 34.7 Å². The Morgan fingerprint density at radius 2 is 2.12 bits per heavy atom. The van der Waals surface area contributed by atoms with Crippen molar-refractivity contribution in [1.29, 1.82) is 5.26 Å². The number of halogens is 1. The smallest absolute Gasteiger partial charge is 0.253 e. The Morgan fingerprint density at radius 3 is 2.77 bits per heavy atom. The van der Waals surface area contributed by atoms with Crippen LogP contribution in [0.5, 0.6) is 0 Å². The van der Waals surface area contributed by atoms with Crippen LogP contribution in [0.15, 0.2) is 47.6 Å². The number of rotatable bonds is 4. The van der Waals surface area contributed by atoms with Crippen molar-refractivity contribution >= 4 is 35.3 Å². The lowest BCUT2D eigenvalue weighted by Gasteiger charge is -2.14. The van der Waals surface area contributed by atoms with E-state index in [1.165, 1.54) is 23.4 Å². The normalized spacial score (nSPS) is 11.1. The van der Waals surface area contributed by atoms with Crippen LogP contribution in [0.2, 0.25) is 0 Å². The van der Waals surface area contributed by atoms with Crippen molar-refractivity contribution in [2.45, 2.75) is 13.0 Å². The van der Waals surface area contributed by atoms with Crippen molar-refractivity contribution in [3.8, 4) is 11.9 Å². The molecule has 0 unspecified atom stereocenters. The molecule has 3 heterocycles. The number of nitriles is 1. The summed E-state index contributed by atoms with van der Waals surface area (Å²) < 4.78 is 2.24. The number of hydrogen-bond acceptors (Lipinski definition) is 6. The molecule has 10 heteroatoms. The molecule has 1 amide bonds. The van der Waals surface area contributed by atoms with E-state index in [2.05, 4.69) is 41.3 Å². The average Bonchev–Trinajstić information content (AvgIpc) is 3.11. The summed E-state index contributed by atoms with van der Waals surface area (Å²) in [6, 6.07) is 6.60. The monoisotopic (exact) mass is 431 g/mol. The SMILES string of the molecule is C[C@H](NC(=O)c1cncc(Br)c1)c1ncnn1-c1ccc(C#N)cn1.S. The lowest BCUT2D eigenvalue weighted by Crippen LogP contribution is -2.29. The Kier molecular flexibility index (Phi) is 6.43. The maximum absolute atomic E-state index is 12.4. The van der Waals surface area contributed by atoms with Crippen LogP contribution in [0, 0.1) is 11.3 Å². The second-order valence-electron chi connectivity index (χ2n) is 5.13. The van der Waals surface area contributed by atoms with Crippen molar-refractivity contribution in [1.82, 2.24) is 30.0 Å². The first-order valence-corrected chi connectivity index (χ1v) is 8.05. The summed E-state index contributed by atoms with van der Waals surface area (Å²) in [5.74, 6) is 0.758. The zero-order valence-electron chi connectivity index (χ0n) is 13.6. The topological polar surface area (TPSA) is 109 Å². The number of carbonyl (C=O) groups excluding carboxylic acids is 1. The van der Waals surface area contributed by atoms with Crippen molar-refractivity contribution in [3.05, 3.63) is 64.5 Å². The molecule has 0 aromatic carbocycles. The van der Waals surface area contributed by atoms with Crippen LogP contribution in [-0.4, -0.2) is 30.6 Å². The third-order valence-electron chi connectivity index (χ3n) is 3.37. The first-order chi connectivity index (χ1) is 12.1. The summed E-state index contributed by atoms with van der Waals surface area (Å²) in [5.41, 5.74) is 0.887. The summed E-state index contributed by atoms with van der Waals surface area (Å²) in [5, 5.41) is 15.8. The van der Waals surface area contributed by atoms with Crippen molar-refractivity contribution in [2.24, 2.45) is 0 Å². The number of nitrogens with one attached hydrogen (secondary N) is 1. The van der Waals surface area contributed by atoms with E-state index in [1.807, 2.05) is 6.07 Å². The lowest BCUT2D eigenvalue weighted by atomic mass is 10.2. The minimum Gasteiger partial charge on any atom is -0.342 e. The molecule has 0 aliphatic heterocycles. The van der Waals surface area contributed by atoms with E-state index in [1.54, 1.807) is 31.3 Å². The van der Waals surface area contributed by atoms with Gasteiger partial charge in [0.1, 0.15) is 12.4 Å². The van der Waals surface area contributed by atoms with Crippen LogP contribution in [0.25, 0.3) is 5.82 Å². The molecular formula is C16H14BrN7OS. The van der Waals surface area contributed by atoms with E-state index in [9.17, 15) is 4.79 Å². The molecule has 3 aromatic heterocycles. The molecule has 1 N–H and O–H groups in total. The van der Waals surface area contributed by atoms with Gasteiger partial charge >= 0.3 is 0 Å². The van der Waals surface area contributed by atoms with Gasteiger partial charge in [-0.1, -0.05) is 0 Å². The van der Waals surface area contributed by atoms with Crippen LogP contribution >= 0.6 is 29.4 Å². The van der Waals surface area contributed by atoms with Crippen molar-refractivity contribution in [2.75, 3.05) is 0 Å². The van der Waals surface area contributed by atoms with Gasteiger partial charge in [0.15, 0.2) is 11.6 Å². The molecular weight excluding hydrogens is 418 g/mol. The second-order valence-corrected chi connectivity index (χ2v) is 6.05. The predicted molar refractivity (Wildman–Crippen MR) is 102 cm³/mol. The Balaban J connectivity index is 0.00000243. The minimum absolute atomic E-state index is 0. The lowest BCUT2D eigenvalue weighted by molar-refractivity contribution is 0.0937. The molecule has 0 aliphatic carbocycles. The van der Waals surface area contributed by atoms with Crippen molar-refractivity contribution in [3.63, 3.8) is 0 Å². The average molecular weight is 432 g/mol. The van der Waals surface area contributed by atoms with E-state index >= 15 is 0 Å². The van der Waals surface area contributed by atoms with Crippen molar-refractivity contribution < 1.29 is 4.79 Å². The van der Waals surface area contributed by atoms with Gasteiger partial charge in [-0.25, -0.2) is 9.97 Å². The first kappa shape index (κ1) is 19.6.